The zero-order valence-corrected chi connectivity index (χ0v) is 15.7. The molecule has 2 aromatic carbocycles. The van der Waals surface area contributed by atoms with Crippen LogP contribution >= 0.6 is 11.3 Å². The third kappa shape index (κ3) is 3.61. The van der Waals surface area contributed by atoms with Crippen LogP contribution in [0.1, 0.15) is 33.4 Å². The van der Waals surface area contributed by atoms with Gasteiger partial charge in [-0.25, -0.2) is 4.98 Å². The van der Waals surface area contributed by atoms with Crippen LogP contribution in [0.2, 0.25) is 0 Å². The molecule has 1 aliphatic rings. The Morgan fingerprint density at radius 3 is 2.70 bits per heavy atom. The maximum Gasteiger partial charge on any atom is 0.252 e. The van der Waals surface area contributed by atoms with Crippen LogP contribution < -0.4 is 5.32 Å². The van der Waals surface area contributed by atoms with Gasteiger partial charge in [-0.3, -0.25) is 9.59 Å². The average molecular weight is 377 g/mol. The van der Waals surface area contributed by atoms with Crippen molar-refractivity contribution < 1.29 is 9.59 Å². The first-order valence-electron chi connectivity index (χ1n) is 8.75. The van der Waals surface area contributed by atoms with Crippen molar-refractivity contribution in [3.63, 3.8) is 0 Å². The molecule has 136 valence electrons. The Hall–Kier alpha value is -2.99. The van der Waals surface area contributed by atoms with Gasteiger partial charge in [0.1, 0.15) is 5.01 Å². The zero-order chi connectivity index (χ0) is 18.8. The largest absolute Gasteiger partial charge is 0.345 e. The Morgan fingerprint density at radius 1 is 1.15 bits per heavy atom. The van der Waals surface area contributed by atoms with E-state index in [9.17, 15) is 9.59 Å². The van der Waals surface area contributed by atoms with Crippen LogP contribution in [-0.4, -0.2) is 28.7 Å². The number of nitrogens with one attached hydrogen (secondary N) is 1. The highest BCUT2D eigenvalue weighted by molar-refractivity contribution is 7.09. The van der Waals surface area contributed by atoms with E-state index < -0.39 is 0 Å². The number of carbonyl (C=O) groups is 2. The second-order valence-corrected chi connectivity index (χ2v) is 7.50. The highest BCUT2D eigenvalue weighted by atomic mass is 32.1. The highest BCUT2D eigenvalue weighted by Gasteiger charge is 2.30. The minimum absolute atomic E-state index is 0.0199. The summed E-state index contributed by atoms with van der Waals surface area (Å²) in [5.74, 6) is -0.132. The van der Waals surface area contributed by atoms with Crippen molar-refractivity contribution in [2.24, 2.45) is 0 Å². The lowest BCUT2D eigenvalue weighted by molar-refractivity contribution is -0.130. The summed E-state index contributed by atoms with van der Waals surface area (Å²) in [5, 5.41) is 5.79. The predicted molar refractivity (Wildman–Crippen MR) is 105 cm³/mol. The fraction of sp³-hybridized carbons (Fsp3) is 0.190. The number of thiazole rings is 1. The second kappa shape index (κ2) is 7.32. The number of hydrogen-bond acceptors (Lipinski definition) is 4. The van der Waals surface area contributed by atoms with Gasteiger partial charge in [0.15, 0.2) is 0 Å². The van der Waals surface area contributed by atoms with Gasteiger partial charge in [-0.2, -0.15) is 0 Å². The molecular weight excluding hydrogens is 358 g/mol. The fourth-order valence-corrected chi connectivity index (χ4v) is 4.08. The molecule has 27 heavy (non-hydrogen) atoms. The quantitative estimate of drug-likeness (QED) is 0.738. The van der Waals surface area contributed by atoms with Gasteiger partial charge >= 0.3 is 0 Å². The molecule has 2 amide bonds. The molecule has 3 aromatic rings. The third-order valence-corrected chi connectivity index (χ3v) is 5.52. The number of amides is 2. The van der Waals surface area contributed by atoms with Gasteiger partial charge in [-0.1, -0.05) is 48.5 Å². The standard InChI is InChI=1S/C21H19N3O2S/c1-24(12-19-22-18(13-27-19)14-7-3-2-4-8-14)20(25)11-17-15-9-5-6-10-16(15)21(26)23-17/h2-10,13,17H,11-12H2,1H3,(H,23,26). The molecule has 1 aliphatic heterocycles. The molecule has 2 heterocycles. The maximum absolute atomic E-state index is 12.6. The molecule has 1 atom stereocenters. The van der Waals surface area contributed by atoms with E-state index >= 15 is 0 Å². The van der Waals surface area contributed by atoms with Gasteiger partial charge in [-0.05, 0) is 11.6 Å². The monoisotopic (exact) mass is 377 g/mol. The van der Waals surface area contributed by atoms with E-state index in [0.717, 1.165) is 21.8 Å². The Bertz CT molecular complexity index is 984. The van der Waals surface area contributed by atoms with E-state index in [1.807, 2.05) is 53.9 Å². The molecule has 1 unspecified atom stereocenters. The number of rotatable bonds is 5. The number of hydrogen-bond donors (Lipinski definition) is 1. The molecule has 0 saturated heterocycles. The molecule has 0 fully saturated rings. The van der Waals surface area contributed by atoms with Crippen molar-refractivity contribution in [3.05, 3.63) is 76.1 Å². The molecule has 1 N–H and O–H groups in total. The van der Waals surface area contributed by atoms with Crippen molar-refractivity contribution in [1.29, 1.82) is 0 Å². The molecule has 0 spiro atoms. The summed E-state index contributed by atoms with van der Waals surface area (Å²) in [6.07, 6.45) is 0.246. The van der Waals surface area contributed by atoms with Crippen LogP contribution in [0.25, 0.3) is 11.3 Å². The predicted octanol–water partition coefficient (Wildman–Crippen LogP) is 3.64. The lowest BCUT2D eigenvalue weighted by atomic mass is 10.0. The number of fused-ring (bicyclic) bond motifs is 1. The van der Waals surface area contributed by atoms with Crippen LogP contribution in [-0.2, 0) is 11.3 Å². The topological polar surface area (TPSA) is 62.3 Å². The molecule has 4 rings (SSSR count). The SMILES string of the molecule is CN(Cc1nc(-c2ccccc2)cs1)C(=O)CC1NC(=O)c2ccccc21. The van der Waals surface area contributed by atoms with Gasteiger partial charge in [0.2, 0.25) is 5.91 Å². The van der Waals surface area contributed by atoms with Gasteiger partial charge in [0.05, 0.1) is 24.7 Å². The van der Waals surface area contributed by atoms with E-state index in [1.165, 1.54) is 0 Å². The third-order valence-electron chi connectivity index (χ3n) is 4.68. The van der Waals surface area contributed by atoms with Crippen molar-refractivity contribution in [3.8, 4) is 11.3 Å². The molecule has 5 nitrogen and oxygen atoms in total. The molecule has 0 saturated carbocycles. The number of carbonyl (C=O) groups excluding carboxylic acids is 2. The van der Waals surface area contributed by atoms with Gasteiger partial charge < -0.3 is 10.2 Å². The summed E-state index contributed by atoms with van der Waals surface area (Å²) in [5.41, 5.74) is 3.54. The van der Waals surface area contributed by atoms with Crippen LogP contribution in [0.3, 0.4) is 0 Å². The Kier molecular flexibility index (Phi) is 4.73. The van der Waals surface area contributed by atoms with Crippen molar-refractivity contribution >= 4 is 23.2 Å². The maximum atomic E-state index is 12.6. The molecule has 0 aliphatic carbocycles. The highest BCUT2D eigenvalue weighted by Crippen LogP contribution is 2.28. The van der Waals surface area contributed by atoms with E-state index in [-0.39, 0.29) is 24.3 Å². The summed E-state index contributed by atoms with van der Waals surface area (Å²) < 4.78 is 0. The molecular formula is C21H19N3O2S. The van der Waals surface area contributed by atoms with Crippen molar-refractivity contribution in [2.75, 3.05) is 7.05 Å². The Balaban J connectivity index is 1.41. The summed E-state index contributed by atoms with van der Waals surface area (Å²) in [6, 6.07) is 17.1. The summed E-state index contributed by atoms with van der Waals surface area (Å²) in [4.78, 5) is 31.0. The first-order valence-corrected chi connectivity index (χ1v) is 9.63. The summed E-state index contributed by atoms with van der Waals surface area (Å²) in [7, 11) is 1.77. The fourth-order valence-electron chi connectivity index (χ4n) is 3.23. The van der Waals surface area contributed by atoms with E-state index in [2.05, 4.69) is 10.3 Å². The van der Waals surface area contributed by atoms with E-state index in [1.54, 1.807) is 29.4 Å². The molecule has 6 heteroatoms. The minimum Gasteiger partial charge on any atom is -0.345 e. The summed E-state index contributed by atoms with van der Waals surface area (Å²) in [6.45, 7) is 0.457. The second-order valence-electron chi connectivity index (χ2n) is 6.56. The van der Waals surface area contributed by atoms with Gasteiger partial charge in [0, 0.05) is 23.6 Å². The smallest absolute Gasteiger partial charge is 0.252 e. The molecule has 0 bridgehead atoms. The first kappa shape index (κ1) is 17.4. The van der Waals surface area contributed by atoms with Gasteiger partial charge in [0.25, 0.3) is 5.91 Å². The van der Waals surface area contributed by atoms with Crippen LogP contribution in [0, 0.1) is 0 Å². The zero-order valence-electron chi connectivity index (χ0n) is 14.9. The number of nitrogens with zero attached hydrogens (tertiary/aromatic N) is 2. The van der Waals surface area contributed by atoms with Crippen LogP contribution in [0.4, 0.5) is 0 Å². The molecule has 1 aromatic heterocycles. The lowest BCUT2D eigenvalue weighted by Crippen LogP contribution is -2.30. The molecule has 0 radical (unpaired) electrons. The van der Waals surface area contributed by atoms with Crippen molar-refractivity contribution in [1.82, 2.24) is 15.2 Å². The van der Waals surface area contributed by atoms with E-state index in [4.69, 9.17) is 0 Å². The number of benzene rings is 2. The normalized spacial score (nSPS) is 15.3. The van der Waals surface area contributed by atoms with Crippen LogP contribution in [0.5, 0.6) is 0 Å². The van der Waals surface area contributed by atoms with E-state index in [0.29, 0.717) is 12.1 Å². The summed E-state index contributed by atoms with van der Waals surface area (Å²) >= 11 is 1.55. The Labute approximate surface area is 161 Å². The Morgan fingerprint density at radius 2 is 1.89 bits per heavy atom. The van der Waals surface area contributed by atoms with Crippen molar-refractivity contribution in [2.45, 2.75) is 19.0 Å². The van der Waals surface area contributed by atoms with Crippen LogP contribution in [0.15, 0.2) is 60.0 Å². The lowest BCUT2D eigenvalue weighted by Gasteiger charge is -2.18. The number of aromatic nitrogens is 1. The first-order chi connectivity index (χ1) is 13.1. The minimum atomic E-state index is -0.264. The average Bonchev–Trinajstić information content (AvgIpc) is 3.28. The van der Waals surface area contributed by atoms with Gasteiger partial charge in [-0.15, -0.1) is 11.3 Å².